The molecule has 1 saturated heterocycles. The van der Waals surface area contributed by atoms with Crippen LogP contribution in [0.25, 0.3) is 0 Å². The van der Waals surface area contributed by atoms with E-state index in [9.17, 15) is 4.79 Å². The molecule has 2 heterocycles. The molecule has 0 N–H and O–H groups in total. The summed E-state index contributed by atoms with van der Waals surface area (Å²) < 4.78 is 0. The second-order valence-corrected chi connectivity index (χ2v) is 12.2. The summed E-state index contributed by atoms with van der Waals surface area (Å²) in [4.78, 5) is 28.3. The average Bonchev–Trinajstić information content (AvgIpc) is 3.07. The predicted octanol–water partition coefficient (Wildman–Crippen LogP) is 5.25. The molecule has 0 atom stereocenters. The van der Waals surface area contributed by atoms with E-state index in [-0.39, 0.29) is 5.41 Å². The number of rotatable bonds is 4. The van der Waals surface area contributed by atoms with Crippen molar-refractivity contribution in [3.8, 4) is 0 Å². The van der Waals surface area contributed by atoms with Crippen LogP contribution in [0.2, 0.25) is 0 Å². The molecule has 5 nitrogen and oxygen atoms in total. The van der Waals surface area contributed by atoms with Gasteiger partial charge in [0.2, 0.25) is 5.91 Å². The Kier molecular flexibility index (Phi) is 5.85. The molecule has 1 aromatic carbocycles. The SMILES string of the molecule is Cc1ccc(Cc2c(C)nc(C)nc2N2CCCN(C(=O)C34CC5CC(CC(C5)C3)C4)CC2)cc1. The molecule has 0 unspecified atom stereocenters. The summed E-state index contributed by atoms with van der Waals surface area (Å²) in [5, 5.41) is 0. The molecule has 5 aliphatic rings. The summed E-state index contributed by atoms with van der Waals surface area (Å²) in [6.45, 7) is 9.73. The molecule has 1 amide bonds. The summed E-state index contributed by atoms with van der Waals surface area (Å²) in [6.07, 6.45) is 9.47. The summed E-state index contributed by atoms with van der Waals surface area (Å²) in [6, 6.07) is 8.79. The molecule has 5 fully saturated rings. The fourth-order valence-corrected chi connectivity index (χ4v) is 8.14. The molecule has 0 radical (unpaired) electrons. The largest absolute Gasteiger partial charge is 0.354 e. The van der Waals surface area contributed by atoms with Crippen molar-refractivity contribution in [3.05, 3.63) is 52.5 Å². The Bertz CT molecular complexity index is 1070. The number of aromatic nitrogens is 2. The second-order valence-electron chi connectivity index (χ2n) is 12.2. The lowest BCUT2D eigenvalue weighted by Gasteiger charge is -2.56. The van der Waals surface area contributed by atoms with E-state index in [1.54, 1.807) is 0 Å². The lowest BCUT2D eigenvalue weighted by atomic mass is 9.49. The summed E-state index contributed by atoms with van der Waals surface area (Å²) in [5.74, 6) is 4.81. The van der Waals surface area contributed by atoms with E-state index in [0.29, 0.717) is 5.91 Å². The first-order chi connectivity index (χ1) is 16.9. The van der Waals surface area contributed by atoms with Crippen LogP contribution in [-0.4, -0.2) is 47.0 Å². The van der Waals surface area contributed by atoms with Gasteiger partial charge in [0.1, 0.15) is 11.6 Å². The third-order valence-corrected chi connectivity index (χ3v) is 9.38. The molecule has 1 aromatic heterocycles. The van der Waals surface area contributed by atoms with Crippen molar-refractivity contribution in [2.75, 3.05) is 31.1 Å². The van der Waals surface area contributed by atoms with Crippen molar-refractivity contribution in [1.29, 1.82) is 0 Å². The smallest absolute Gasteiger partial charge is 0.228 e. The van der Waals surface area contributed by atoms with Crippen molar-refractivity contribution in [3.63, 3.8) is 0 Å². The molecule has 4 saturated carbocycles. The minimum Gasteiger partial charge on any atom is -0.354 e. The zero-order valence-corrected chi connectivity index (χ0v) is 21.7. The zero-order valence-electron chi connectivity index (χ0n) is 21.7. The van der Waals surface area contributed by atoms with Crippen molar-refractivity contribution in [1.82, 2.24) is 14.9 Å². The number of hydrogen-bond donors (Lipinski definition) is 0. The third kappa shape index (κ3) is 4.36. The first kappa shape index (κ1) is 23.0. The monoisotopic (exact) mass is 472 g/mol. The lowest BCUT2D eigenvalue weighted by Crippen LogP contribution is -2.55. The average molecular weight is 473 g/mol. The minimum atomic E-state index is -0.0391. The van der Waals surface area contributed by atoms with Gasteiger partial charge in [0.15, 0.2) is 0 Å². The summed E-state index contributed by atoms with van der Waals surface area (Å²) in [5.41, 5.74) is 4.82. The molecule has 35 heavy (non-hydrogen) atoms. The van der Waals surface area contributed by atoms with Crippen LogP contribution in [0.15, 0.2) is 24.3 Å². The van der Waals surface area contributed by atoms with Crippen molar-refractivity contribution in [2.24, 2.45) is 23.2 Å². The van der Waals surface area contributed by atoms with Gasteiger partial charge in [0, 0.05) is 43.9 Å². The Hall–Kier alpha value is -2.43. The maximum atomic E-state index is 14.0. The normalized spacial score (nSPS) is 30.0. The van der Waals surface area contributed by atoms with Crippen molar-refractivity contribution < 1.29 is 4.79 Å². The summed E-state index contributed by atoms with van der Waals surface area (Å²) in [7, 11) is 0. The van der Waals surface area contributed by atoms with Crippen LogP contribution in [0.3, 0.4) is 0 Å². The van der Waals surface area contributed by atoms with Gasteiger partial charge in [-0.05, 0) is 89.0 Å². The predicted molar refractivity (Wildman–Crippen MR) is 140 cm³/mol. The maximum Gasteiger partial charge on any atom is 0.228 e. The molecule has 4 aliphatic carbocycles. The number of benzene rings is 1. The fourth-order valence-electron chi connectivity index (χ4n) is 8.14. The number of nitrogens with zero attached hydrogens (tertiary/aromatic N) is 4. The van der Waals surface area contributed by atoms with Gasteiger partial charge in [-0.1, -0.05) is 29.8 Å². The Morgan fingerprint density at radius 2 is 1.54 bits per heavy atom. The molecule has 2 aromatic rings. The third-order valence-electron chi connectivity index (χ3n) is 9.38. The van der Waals surface area contributed by atoms with Gasteiger partial charge in [-0.15, -0.1) is 0 Å². The molecular formula is C30H40N4O. The Morgan fingerprint density at radius 3 is 2.20 bits per heavy atom. The molecule has 5 heteroatoms. The highest BCUT2D eigenvalue weighted by molar-refractivity contribution is 5.83. The quantitative estimate of drug-likeness (QED) is 0.610. The van der Waals surface area contributed by atoms with Gasteiger partial charge in [-0.2, -0.15) is 0 Å². The Morgan fingerprint density at radius 1 is 0.886 bits per heavy atom. The highest BCUT2D eigenvalue weighted by Gasteiger charge is 2.55. The number of carbonyl (C=O) groups is 1. The van der Waals surface area contributed by atoms with Crippen LogP contribution >= 0.6 is 0 Å². The highest BCUT2D eigenvalue weighted by Crippen LogP contribution is 2.60. The maximum absolute atomic E-state index is 14.0. The van der Waals surface area contributed by atoms with Crippen LogP contribution in [0, 0.1) is 43.9 Å². The van der Waals surface area contributed by atoms with E-state index in [1.165, 1.54) is 36.0 Å². The molecular weight excluding hydrogens is 432 g/mol. The number of amides is 1. The fraction of sp³-hybridized carbons (Fsp3) is 0.633. The van der Waals surface area contributed by atoms with Gasteiger partial charge >= 0.3 is 0 Å². The van der Waals surface area contributed by atoms with Crippen LogP contribution in [-0.2, 0) is 11.2 Å². The van der Waals surface area contributed by atoms with Gasteiger partial charge in [0.05, 0.1) is 5.41 Å². The summed E-state index contributed by atoms with van der Waals surface area (Å²) >= 11 is 0. The van der Waals surface area contributed by atoms with E-state index in [4.69, 9.17) is 9.97 Å². The lowest BCUT2D eigenvalue weighted by molar-refractivity contribution is -0.157. The van der Waals surface area contributed by atoms with Gasteiger partial charge in [-0.3, -0.25) is 4.79 Å². The Labute approximate surface area is 210 Å². The number of hydrogen-bond acceptors (Lipinski definition) is 4. The van der Waals surface area contributed by atoms with Gasteiger partial charge in [-0.25, -0.2) is 9.97 Å². The van der Waals surface area contributed by atoms with Crippen LogP contribution < -0.4 is 4.90 Å². The molecule has 7 rings (SSSR count). The zero-order chi connectivity index (χ0) is 24.2. The van der Waals surface area contributed by atoms with Crippen LogP contribution in [0.1, 0.15) is 73.2 Å². The second kappa shape index (κ2) is 8.90. The number of carbonyl (C=O) groups excluding carboxylic acids is 1. The van der Waals surface area contributed by atoms with E-state index >= 15 is 0 Å². The van der Waals surface area contributed by atoms with E-state index in [1.807, 2.05) is 6.92 Å². The van der Waals surface area contributed by atoms with Gasteiger partial charge < -0.3 is 9.80 Å². The van der Waals surface area contributed by atoms with E-state index in [0.717, 1.165) is 93.4 Å². The minimum absolute atomic E-state index is 0.0391. The topological polar surface area (TPSA) is 49.3 Å². The molecule has 0 spiro atoms. The van der Waals surface area contributed by atoms with Crippen molar-refractivity contribution >= 4 is 11.7 Å². The molecule has 4 bridgehead atoms. The van der Waals surface area contributed by atoms with Crippen LogP contribution in [0.5, 0.6) is 0 Å². The first-order valence-corrected chi connectivity index (χ1v) is 13.8. The van der Waals surface area contributed by atoms with Gasteiger partial charge in [0.25, 0.3) is 0 Å². The highest BCUT2D eigenvalue weighted by atomic mass is 16.2. The Balaban J connectivity index is 1.21. The number of aryl methyl sites for hydroxylation is 3. The molecule has 1 aliphatic heterocycles. The number of anilines is 1. The van der Waals surface area contributed by atoms with Crippen molar-refractivity contribution in [2.45, 2.75) is 72.1 Å². The van der Waals surface area contributed by atoms with E-state index in [2.05, 4.69) is 47.9 Å². The first-order valence-electron chi connectivity index (χ1n) is 13.8. The van der Waals surface area contributed by atoms with Crippen LogP contribution in [0.4, 0.5) is 5.82 Å². The van der Waals surface area contributed by atoms with E-state index < -0.39 is 0 Å². The standard InChI is InChI=1S/C30H40N4O/c1-20-5-7-23(8-6-20)16-27-21(2)31-22(3)32-28(27)33-9-4-10-34(12-11-33)29(35)30-17-24-13-25(18-30)15-26(14-24)19-30/h5-8,24-26H,4,9-19H2,1-3H3. The molecule has 186 valence electrons.